The number of hydrogen-bond donors (Lipinski definition) is 1. The topological polar surface area (TPSA) is 42.7 Å². The Labute approximate surface area is 106 Å². The van der Waals surface area contributed by atoms with Gasteiger partial charge in [0, 0.05) is 36.6 Å². The van der Waals surface area contributed by atoms with Gasteiger partial charge in [-0.2, -0.15) is 0 Å². The van der Waals surface area contributed by atoms with E-state index in [1.165, 1.54) is 0 Å². The van der Waals surface area contributed by atoms with Gasteiger partial charge in [-0.15, -0.1) is 11.3 Å². The maximum atomic E-state index is 4.48. The molecule has 0 amide bonds. The summed E-state index contributed by atoms with van der Waals surface area (Å²) in [7, 11) is 0. The monoisotopic (exact) mass is 250 g/mol. The standard InChI is InChI=1S/C12H18N4S/c1-9-8-17-12(15-9)10(2)13-4-6-16-7-5-14-11(16)3/h5,7-8,10,13H,4,6H2,1-3H3. The fourth-order valence-corrected chi connectivity index (χ4v) is 2.53. The van der Waals surface area contributed by atoms with Crippen LogP contribution in [0.25, 0.3) is 0 Å². The summed E-state index contributed by atoms with van der Waals surface area (Å²) in [4.78, 5) is 8.68. The van der Waals surface area contributed by atoms with Crippen molar-refractivity contribution in [3.8, 4) is 0 Å². The Bertz CT molecular complexity index is 474. The number of rotatable bonds is 5. The number of nitrogens with zero attached hydrogens (tertiary/aromatic N) is 3. The van der Waals surface area contributed by atoms with Gasteiger partial charge in [-0.05, 0) is 20.8 Å². The molecule has 0 bridgehead atoms. The molecule has 0 saturated heterocycles. The Balaban J connectivity index is 1.81. The molecule has 0 spiro atoms. The molecule has 2 aromatic rings. The largest absolute Gasteiger partial charge is 0.334 e. The summed E-state index contributed by atoms with van der Waals surface area (Å²) < 4.78 is 2.15. The molecule has 0 aliphatic carbocycles. The van der Waals surface area contributed by atoms with Gasteiger partial charge in [0.1, 0.15) is 10.8 Å². The molecule has 1 atom stereocenters. The summed E-state index contributed by atoms with van der Waals surface area (Å²) >= 11 is 1.72. The van der Waals surface area contributed by atoms with Crippen LogP contribution in [0.3, 0.4) is 0 Å². The van der Waals surface area contributed by atoms with Crippen LogP contribution in [0.4, 0.5) is 0 Å². The van der Waals surface area contributed by atoms with E-state index in [4.69, 9.17) is 0 Å². The van der Waals surface area contributed by atoms with E-state index in [0.29, 0.717) is 6.04 Å². The van der Waals surface area contributed by atoms with E-state index in [-0.39, 0.29) is 0 Å². The quantitative estimate of drug-likeness (QED) is 0.885. The maximum absolute atomic E-state index is 4.48. The van der Waals surface area contributed by atoms with Gasteiger partial charge in [-0.3, -0.25) is 0 Å². The SMILES string of the molecule is Cc1csc(C(C)NCCn2ccnc2C)n1. The fourth-order valence-electron chi connectivity index (χ4n) is 1.70. The molecule has 5 heteroatoms. The molecule has 1 unspecified atom stereocenters. The second-order valence-corrected chi connectivity index (χ2v) is 5.06. The highest BCUT2D eigenvalue weighted by Crippen LogP contribution is 2.16. The first-order valence-electron chi connectivity index (χ1n) is 5.80. The minimum Gasteiger partial charge on any atom is -0.334 e. The van der Waals surface area contributed by atoms with Crippen molar-refractivity contribution in [3.05, 3.63) is 34.3 Å². The third-order valence-electron chi connectivity index (χ3n) is 2.73. The molecule has 92 valence electrons. The summed E-state index contributed by atoms with van der Waals surface area (Å²) in [5, 5.41) is 6.73. The molecule has 0 radical (unpaired) electrons. The van der Waals surface area contributed by atoms with E-state index in [2.05, 4.69) is 32.2 Å². The van der Waals surface area contributed by atoms with Crippen LogP contribution in [0, 0.1) is 13.8 Å². The van der Waals surface area contributed by atoms with Gasteiger partial charge in [-0.25, -0.2) is 9.97 Å². The zero-order valence-corrected chi connectivity index (χ0v) is 11.3. The second kappa shape index (κ2) is 5.42. The molecular formula is C12H18N4S. The predicted octanol–water partition coefficient (Wildman–Crippen LogP) is 2.31. The summed E-state index contributed by atoms with van der Waals surface area (Å²) in [6.07, 6.45) is 3.85. The number of hydrogen-bond acceptors (Lipinski definition) is 4. The van der Waals surface area contributed by atoms with E-state index in [1.807, 2.05) is 26.2 Å². The second-order valence-electron chi connectivity index (χ2n) is 4.17. The van der Waals surface area contributed by atoms with E-state index in [1.54, 1.807) is 11.3 Å². The zero-order chi connectivity index (χ0) is 12.3. The van der Waals surface area contributed by atoms with Crippen LogP contribution in [0.15, 0.2) is 17.8 Å². The minimum atomic E-state index is 0.317. The number of aromatic nitrogens is 3. The maximum Gasteiger partial charge on any atom is 0.110 e. The summed E-state index contributed by atoms with van der Waals surface area (Å²) in [6, 6.07) is 0.317. The van der Waals surface area contributed by atoms with Crippen LogP contribution in [-0.2, 0) is 6.54 Å². The first-order valence-corrected chi connectivity index (χ1v) is 6.68. The molecule has 2 aromatic heterocycles. The van der Waals surface area contributed by atoms with Gasteiger partial charge in [0.05, 0.1) is 6.04 Å². The lowest BCUT2D eigenvalue weighted by Crippen LogP contribution is -2.23. The normalized spacial score (nSPS) is 12.9. The van der Waals surface area contributed by atoms with Gasteiger partial charge in [0.15, 0.2) is 0 Å². The number of aryl methyl sites for hydroxylation is 2. The van der Waals surface area contributed by atoms with Crippen molar-refractivity contribution in [2.45, 2.75) is 33.4 Å². The third-order valence-corrected chi connectivity index (χ3v) is 3.88. The fraction of sp³-hybridized carbons (Fsp3) is 0.500. The summed E-state index contributed by atoms with van der Waals surface area (Å²) in [6.45, 7) is 8.08. The van der Waals surface area contributed by atoms with Gasteiger partial charge in [0.2, 0.25) is 0 Å². The van der Waals surface area contributed by atoms with Crippen LogP contribution in [0.5, 0.6) is 0 Å². The first-order chi connectivity index (χ1) is 8.16. The molecule has 2 heterocycles. The third kappa shape index (κ3) is 3.14. The van der Waals surface area contributed by atoms with Gasteiger partial charge < -0.3 is 9.88 Å². The molecule has 0 aromatic carbocycles. The lowest BCUT2D eigenvalue weighted by molar-refractivity contribution is 0.524. The van der Waals surface area contributed by atoms with Crippen molar-refractivity contribution in [1.29, 1.82) is 0 Å². The van der Waals surface area contributed by atoms with Gasteiger partial charge in [-0.1, -0.05) is 0 Å². The molecular weight excluding hydrogens is 232 g/mol. The smallest absolute Gasteiger partial charge is 0.110 e. The Morgan fingerprint density at radius 1 is 1.47 bits per heavy atom. The highest BCUT2D eigenvalue weighted by molar-refractivity contribution is 7.09. The summed E-state index contributed by atoms with van der Waals surface area (Å²) in [5.41, 5.74) is 1.10. The molecule has 2 rings (SSSR count). The van der Waals surface area contributed by atoms with Crippen LogP contribution in [0.1, 0.15) is 29.5 Å². The molecule has 0 aliphatic heterocycles. The van der Waals surface area contributed by atoms with Crippen molar-refractivity contribution < 1.29 is 0 Å². The van der Waals surface area contributed by atoms with E-state index in [0.717, 1.165) is 29.6 Å². The molecule has 17 heavy (non-hydrogen) atoms. The van der Waals surface area contributed by atoms with Crippen LogP contribution in [-0.4, -0.2) is 21.1 Å². The van der Waals surface area contributed by atoms with E-state index >= 15 is 0 Å². The van der Waals surface area contributed by atoms with Crippen molar-refractivity contribution in [1.82, 2.24) is 19.9 Å². The minimum absolute atomic E-state index is 0.317. The Morgan fingerprint density at radius 2 is 2.29 bits per heavy atom. The van der Waals surface area contributed by atoms with Crippen LogP contribution in [0.2, 0.25) is 0 Å². The van der Waals surface area contributed by atoms with Crippen molar-refractivity contribution >= 4 is 11.3 Å². The molecule has 0 aliphatic rings. The summed E-state index contributed by atoms with van der Waals surface area (Å²) in [5.74, 6) is 1.06. The molecule has 4 nitrogen and oxygen atoms in total. The Morgan fingerprint density at radius 3 is 2.88 bits per heavy atom. The van der Waals surface area contributed by atoms with Gasteiger partial charge in [0.25, 0.3) is 0 Å². The van der Waals surface area contributed by atoms with Crippen molar-refractivity contribution in [3.63, 3.8) is 0 Å². The number of thiazole rings is 1. The van der Waals surface area contributed by atoms with Crippen molar-refractivity contribution in [2.24, 2.45) is 0 Å². The average Bonchev–Trinajstić information content (AvgIpc) is 2.88. The van der Waals surface area contributed by atoms with E-state index < -0.39 is 0 Å². The zero-order valence-electron chi connectivity index (χ0n) is 10.5. The van der Waals surface area contributed by atoms with Gasteiger partial charge >= 0.3 is 0 Å². The Hall–Kier alpha value is -1.20. The number of nitrogens with one attached hydrogen (secondary N) is 1. The van der Waals surface area contributed by atoms with Crippen LogP contribution < -0.4 is 5.32 Å². The first kappa shape index (κ1) is 12.3. The van der Waals surface area contributed by atoms with E-state index in [9.17, 15) is 0 Å². The highest BCUT2D eigenvalue weighted by atomic mass is 32.1. The predicted molar refractivity (Wildman–Crippen MR) is 70.2 cm³/mol. The molecule has 1 N–H and O–H groups in total. The highest BCUT2D eigenvalue weighted by Gasteiger charge is 2.08. The van der Waals surface area contributed by atoms with Crippen molar-refractivity contribution in [2.75, 3.05) is 6.54 Å². The Kier molecular flexibility index (Phi) is 3.91. The average molecular weight is 250 g/mol. The molecule has 0 fully saturated rings. The lowest BCUT2D eigenvalue weighted by Gasteiger charge is -2.12. The number of imidazole rings is 1. The van der Waals surface area contributed by atoms with Crippen LogP contribution >= 0.6 is 11.3 Å². The molecule has 0 saturated carbocycles. The lowest BCUT2D eigenvalue weighted by atomic mass is 10.3.